The minimum absolute atomic E-state index is 0.0198. The fraction of sp³-hybridized carbons (Fsp3) is 0.133. The van der Waals surface area contributed by atoms with Gasteiger partial charge in [-0.1, -0.05) is 18.2 Å². The molecule has 0 bridgehead atoms. The van der Waals surface area contributed by atoms with Crippen LogP contribution in [0.1, 0.15) is 11.9 Å². The maximum absolute atomic E-state index is 13.4. The van der Waals surface area contributed by atoms with E-state index in [-0.39, 0.29) is 11.3 Å². The zero-order valence-corrected chi connectivity index (χ0v) is 12.4. The number of nitrogens with one attached hydrogen (secondary N) is 1. The number of carboxylic acid groups (broad SMARTS) is 1. The number of fused-ring (bicyclic) bond motifs is 1. The monoisotopic (exact) mass is 352 g/mol. The van der Waals surface area contributed by atoms with Crippen LogP contribution in [0.15, 0.2) is 53.5 Å². The molecule has 130 valence electrons. The Labute approximate surface area is 138 Å². The quantitative estimate of drug-likeness (QED) is 0.757. The van der Waals surface area contributed by atoms with E-state index >= 15 is 0 Å². The molecule has 0 aliphatic heterocycles. The second-order valence-corrected chi connectivity index (χ2v) is 5.08. The van der Waals surface area contributed by atoms with Crippen molar-refractivity contribution in [2.24, 2.45) is 0 Å². The van der Waals surface area contributed by atoms with E-state index in [9.17, 15) is 22.8 Å². The lowest BCUT2D eigenvalue weighted by molar-refractivity contribution is -0.158. The third-order valence-corrected chi connectivity index (χ3v) is 3.45. The number of nitrogens with zero attached hydrogens (tertiary/aromatic N) is 3. The van der Waals surface area contributed by atoms with Gasteiger partial charge in [0.2, 0.25) is 0 Å². The Morgan fingerprint density at radius 2 is 1.84 bits per heavy atom. The van der Waals surface area contributed by atoms with Crippen molar-refractivity contribution in [2.45, 2.75) is 12.2 Å². The Hall–Kier alpha value is -3.30. The number of amides is 1. The van der Waals surface area contributed by atoms with Gasteiger partial charge >= 0.3 is 18.0 Å². The predicted octanol–water partition coefficient (Wildman–Crippen LogP) is 2.36. The van der Waals surface area contributed by atoms with Crippen molar-refractivity contribution in [1.82, 2.24) is 19.3 Å². The third kappa shape index (κ3) is 3.05. The van der Waals surface area contributed by atoms with Gasteiger partial charge in [0.05, 0.1) is 5.69 Å². The van der Waals surface area contributed by atoms with Gasteiger partial charge in [0.15, 0.2) is 11.9 Å². The summed E-state index contributed by atoms with van der Waals surface area (Å²) in [5.74, 6) is -0.766. The van der Waals surface area contributed by atoms with Gasteiger partial charge in [-0.25, -0.2) is 19.1 Å². The summed E-state index contributed by atoms with van der Waals surface area (Å²) in [6.45, 7) is 0. The molecule has 1 unspecified atom stereocenters. The van der Waals surface area contributed by atoms with Crippen molar-refractivity contribution in [3.8, 4) is 5.69 Å². The van der Waals surface area contributed by atoms with E-state index in [4.69, 9.17) is 5.11 Å². The molecule has 1 amide bonds. The van der Waals surface area contributed by atoms with E-state index in [1.54, 1.807) is 18.2 Å². The topological polar surface area (TPSA) is 88.6 Å². The molecule has 7 nitrogen and oxygen atoms in total. The number of alkyl halides is 3. The second kappa shape index (κ2) is 5.96. The highest BCUT2D eigenvalue weighted by atomic mass is 19.4. The number of para-hydroxylation sites is 1. The van der Waals surface area contributed by atoms with Crippen LogP contribution in [0.2, 0.25) is 0 Å². The van der Waals surface area contributed by atoms with Crippen LogP contribution in [0.25, 0.3) is 11.3 Å². The highest BCUT2D eigenvalue weighted by Gasteiger charge is 2.45. The first-order chi connectivity index (χ1) is 11.8. The molecule has 2 heterocycles. The molecule has 0 aliphatic rings. The molecular weight excluding hydrogens is 341 g/mol. The van der Waals surface area contributed by atoms with Crippen molar-refractivity contribution in [3.05, 3.63) is 65.0 Å². The van der Waals surface area contributed by atoms with Crippen LogP contribution >= 0.6 is 0 Å². The van der Waals surface area contributed by atoms with Gasteiger partial charge in [-0.2, -0.15) is 13.2 Å². The predicted molar refractivity (Wildman–Crippen MR) is 80.7 cm³/mol. The minimum atomic E-state index is -4.99. The maximum Gasteiger partial charge on any atom is 0.416 e. The summed E-state index contributed by atoms with van der Waals surface area (Å²) in [6, 6.07) is 7.71. The summed E-state index contributed by atoms with van der Waals surface area (Å²) < 4.78 is 42.1. The number of rotatable bonds is 3. The van der Waals surface area contributed by atoms with E-state index in [0.29, 0.717) is 0 Å². The number of aromatic nitrogens is 3. The minimum Gasteiger partial charge on any atom is -0.465 e. The molecule has 2 N–H and O–H groups in total. The van der Waals surface area contributed by atoms with E-state index < -0.39 is 29.8 Å². The second-order valence-electron chi connectivity index (χ2n) is 5.08. The molecule has 1 aromatic carbocycles. The number of hydrogen-bond acceptors (Lipinski definition) is 3. The van der Waals surface area contributed by atoms with Gasteiger partial charge in [-0.3, -0.25) is 4.40 Å². The Kier molecular flexibility index (Phi) is 3.95. The van der Waals surface area contributed by atoms with Crippen LogP contribution in [-0.2, 0) is 0 Å². The number of carbonyl (C=O) groups is 1. The Morgan fingerprint density at radius 3 is 2.44 bits per heavy atom. The fourth-order valence-electron chi connectivity index (χ4n) is 2.43. The zero-order valence-electron chi connectivity index (χ0n) is 12.4. The average molecular weight is 352 g/mol. The normalized spacial score (nSPS) is 12.9. The molecule has 3 rings (SSSR count). The summed E-state index contributed by atoms with van der Waals surface area (Å²) in [5.41, 5.74) is -0.682. The number of benzene rings is 1. The first-order valence-electron chi connectivity index (χ1n) is 7.00. The summed E-state index contributed by atoms with van der Waals surface area (Å²) in [4.78, 5) is 27.4. The van der Waals surface area contributed by atoms with Crippen LogP contribution in [-0.4, -0.2) is 31.3 Å². The molecule has 10 heteroatoms. The summed E-state index contributed by atoms with van der Waals surface area (Å²) in [5, 5.41) is 10.2. The molecule has 0 fully saturated rings. The van der Waals surface area contributed by atoms with Gasteiger partial charge < -0.3 is 10.4 Å². The molecule has 1 atom stereocenters. The van der Waals surface area contributed by atoms with E-state index in [0.717, 1.165) is 8.97 Å². The van der Waals surface area contributed by atoms with Crippen molar-refractivity contribution in [1.29, 1.82) is 0 Å². The molecule has 0 saturated heterocycles. The molecule has 25 heavy (non-hydrogen) atoms. The Morgan fingerprint density at radius 1 is 1.16 bits per heavy atom. The summed E-state index contributed by atoms with van der Waals surface area (Å²) >= 11 is 0. The maximum atomic E-state index is 13.4. The van der Waals surface area contributed by atoms with Crippen LogP contribution < -0.4 is 11.0 Å². The van der Waals surface area contributed by atoms with Gasteiger partial charge in [0.25, 0.3) is 0 Å². The van der Waals surface area contributed by atoms with Crippen molar-refractivity contribution in [2.75, 3.05) is 0 Å². The summed E-state index contributed by atoms with van der Waals surface area (Å²) in [7, 11) is 0. The lowest BCUT2D eigenvalue weighted by Crippen LogP contribution is -2.42. The van der Waals surface area contributed by atoms with Crippen LogP contribution in [0.5, 0.6) is 0 Å². The average Bonchev–Trinajstić information content (AvgIpc) is 3.01. The van der Waals surface area contributed by atoms with Crippen molar-refractivity contribution < 1.29 is 23.1 Å². The first-order valence-corrected chi connectivity index (χ1v) is 7.00. The van der Waals surface area contributed by atoms with Gasteiger partial charge in [0.1, 0.15) is 5.65 Å². The molecule has 0 radical (unpaired) electrons. The van der Waals surface area contributed by atoms with E-state index in [2.05, 4.69) is 4.98 Å². The first kappa shape index (κ1) is 16.6. The summed E-state index contributed by atoms with van der Waals surface area (Å²) in [6.07, 6.45) is -5.51. The number of hydrogen-bond donors (Lipinski definition) is 2. The van der Waals surface area contributed by atoms with Crippen LogP contribution in [0.3, 0.4) is 0 Å². The number of halogens is 3. The molecule has 0 spiro atoms. The lowest BCUT2D eigenvalue weighted by Gasteiger charge is -2.23. The largest absolute Gasteiger partial charge is 0.465 e. The van der Waals surface area contributed by atoms with Gasteiger partial charge in [0, 0.05) is 6.20 Å². The molecular formula is C15H11F3N4O3. The van der Waals surface area contributed by atoms with Gasteiger partial charge in [-0.15, -0.1) is 0 Å². The smallest absolute Gasteiger partial charge is 0.416 e. The Balaban J connectivity index is 2.36. The van der Waals surface area contributed by atoms with Gasteiger partial charge in [-0.05, 0) is 24.3 Å². The zero-order chi connectivity index (χ0) is 18.2. The molecule has 3 aromatic rings. The lowest BCUT2D eigenvalue weighted by atomic mass is 10.2. The van der Waals surface area contributed by atoms with Crippen molar-refractivity contribution >= 4 is 11.7 Å². The molecule has 2 aromatic heterocycles. The highest BCUT2D eigenvalue weighted by Crippen LogP contribution is 2.32. The fourth-order valence-corrected chi connectivity index (χ4v) is 2.43. The van der Waals surface area contributed by atoms with E-state index in [1.807, 2.05) is 0 Å². The van der Waals surface area contributed by atoms with Crippen LogP contribution in [0, 0.1) is 0 Å². The molecule has 0 aliphatic carbocycles. The third-order valence-electron chi connectivity index (χ3n) is 3.45. The standard InChI is InChI=1S/C15H11F3N4O3/c16-15(17,18)11(20-13(23)24)12-19-10-7-4-8-21(10)14(25)22(12)9-5-2-1-3-6-9/h1-8,11,20H,(H,23,24). The van der Waals surface area contributed by atoms with Crippen LogP contribution in [0.4, 0.5) is 18.0 Å². The highest BCUT2D eigenvalue weighted by molar-refractivity contribution is 5.65. The van der Waals surface area contributed by atoms with E-state index in [1.165, 1.54) is 35.8 Å². The molecule has 0 saturated carbocycles. The SMILES string of the molecule is O=C(O)NC(c1nc2cccn2c(=O)n1-c1ccccc1)C(F)(F)F. The van der Waals surface area contributed by atoms with Crippen molar-refractivity contribution in [3.63, 3.8) is 0 Å². The Bertz CT molecular complexity index is 979.